The number of rotatable bonds is 13. The number of carbonyl (C=O) groups excluding carboxylic acids is 1. The fourth-order valence-corrected chi connectivity index (χ4v) is 5.45. The SMILES string of the molecule is CC=C/C(CNCCC1(CC)CN(/C(=C/C=C(\C)C(=O)O)CC)C(=O)CO1)=C(/C1=CC(P)=CCC1)C(C)C. The number of carboxylic acid groups (broad SMARTS) is 1. The summed E-state index contributed by atoms with van der Waals surface area (Å²) in [4.78, 5) is 25.7. The Kier molecular flexibility index (Phi) is 12.9. The summed E-state index contributed by atoms with van der Waals surface area (Å²) >= 11 is 0. The summed E-state index contributed by atoms with van der Waals surface area (Å²) in [5.41, 5.74) is 4.76. The molecule has 1 saturated heterocycles. The minimum atomic E-state index is -0.962. The maximum atomic E-state index is 12.8. The highest BCUT2D eigenvalue weighted by atomic mass is 31.0. The van der Waals surface area contributed by atoms with Crippen molar-refractivity contribution in [2.45, 2.75) is 79.2 Å². The molecule has 2 aliphatic rings. The van der Waals surface area contributed by atoms with Gasteiger partial charge in [-0.25, -0.2) is 4.79 Å². The zero-order valence-electron chi connectivity index (χ0n) is 24.1. The molecule has 38 heavy (non-hydrogen) atoms. The molecule has 2 unspecified atom stereocenters. The molecule has 1 fully saturated rings. The molecule has 7 heteroatoms. The number of hydrogen-bond acceptors (Lipinski definition) is 4. The van der Waals surface area contributed by atoms with Gasteiger partial charge in [0.25, 0.3) is 5.91 Å². The van der Waals surface area contributed by atoms with Gasteiger partial charge in [-0.2, -0.15) is 0 Å². The Morgan fingerprint density at radius 2 is 2.05 bits per heavy atom. The number of carbonyl (C=O) groups is 2. The average molecular weight is 543 g/mol. The lowest BCUT2D eigenvalue weighted by Crippen LogP contribution is -2.54. The molecule has 0 spiro atoms. The van der Waals surface area contributed by atoms with E-state index in [0.29, 0.717) is 18.9 Å². The van der Waals surface area contributed by atoms with Gasteiger partial charge in [-0.05, 0) is 86.5 Å². The van der Waals surface area contributed by atoms with E-state index in [1.54, 1.807) is 24.0 Å². The first-order valence-corrected chi connectivity index (χ1v) is 14.4. The molecular weight excluding hydrogens is 495 g/mol. The zero-order chi connectivity index (χ0) is 28.3. The molecule has 2 atom stereocenters. The number of amides is 1. The molecule has 0 aromatic rings. The van der Waals surface area contributed by atoms with Crippen molar-refractivity contribution in [1.29, 1.82) is 0 Å². The van der Waals surface area contributed by atoms with Gasteiger partial charge in [-0.3, -0.25) is 4.79 Å². The average Bonchev–Trinajstić information content (AvgIpc) is 2.88. The van der Waals surface area contributed by atoms with Gasteiger partial charge >= 0.3 is 5.97 Å². The molecule has 0 aromatic carbocycles. The number of carboxylic acids is 1. The van der Waals surface area contributed by atoms with Gasteiger partial charge in [0.05, 0.1) is 12.1 Å². The summed E-state index contributed by atoms with van der Waals surface area (Å²) in [5, 5.41) is 14.1. The van der Waals surface area contributed by atoms with E-state index in [4.69, 9.17) is 4.74 Å². The maximum absolute atomic E-state index is 12.8. The lowest BCUT2D eigenvalue weighted by atomic mass is 9.85. The smallest absolute Gasteiger partial charge is 0.331 e. The molecule has 2 N–H and O–H groups in total. The van der Waals surface area contributed by atoms with Gasteiger partial charge in [0.2, 0.25) is 0 Å². The number of ether oxygens (including phenoxy) is 1. The first-order valence-electron chi connectivity index (χ1n) is 13.9. The molecular formula is C31H47N2O4P. The van der Waals surface area contributed by atoms with Crippen LogP contribution in [0.2, 0.25) is 0 Å². The summed E-state index contributed by atoms with van der Waals surface area (Å²) in [5.74, 6) is -0.623. The number of morpholine rings is 1. The van der Waals surface area contributed by atoms with Crippen molar-refractivity contribution >= 4 is 21.1 Å². The van der Waals surface area contributed by atoms with E-state index in [1.165, 1.54) is 22.0 Å². The molecule has 1 aliphatic carbocycles. The monoisotopic (exact) mass is 542 g/mol. The molecule has 6 nitrogen and oxygen atoms in total. The number of aliphatic carboxylic acids is 1. The third-order valence-corrected chi connectivity index (χ3v) is 7.71. The Labute approximate surface area is 231 Å². The predicted molar refractivity (Wildman–Crippen MR) is 160 cm³/mol. The summed E-state index contributed by atoms with van der Waals surface area (Å²) in [6, 6.07) is 0. The van der Waals surface area contributed by atoms with Crippen molar-refractivity contribution < 1.29 is 19.4 Å². The van der Waals surface area contributed by atoms with Crippen molar-refractivity contribution in [3.63, 3.8) is 0 Å². The second-order valence-electron chi connectivity index (χ2n) is 10.4. The quantitative estimate of drug-likeness (QED) is 0.123. The summed E-state index contributed by atoms with van der Waals surface area (Å²) in [6.45, 7) is 14.3. The van der Waals surface area contributed by atoms with Gasteiger partial charge in [-0.15, -0.1) is 9.24 Å². The highest BCUT2D eigenvalue weighted by Crippen LogP contribution is 2.33. The minimum absolute atomic E-state index is 0.0348. The van der Waals surface area contributed by atoms with Gasteiger partial charge in [-0.1, -0.05) is 58.1 Å². The van der Waals surface area contributed by atoms with Crippen molar-refractivity contribution in [1.82, 2.24) is 10.2 Å². The molecule has 0 saturated carbocycles. The van der Waals surface area contributed by atoms with E-state index in [2.05, 4.69) is 66.6 Å². The van der Waals surface area contributed by atoms with Crippen LogP contribution < -0.4 is 5.32 Å². The number of nitrogens with one attached hydrogen (secondary N) is 1. The van der Waals surface area contributed by atoms with Crippen molar-refractivity contribution in [2.24, 2.45) is 5.92 Å². The highest BCUT2D eigenvalue weighted by molar-refractivity contribution is 7.22. The van der Waals surface area contributed by atoms with Crippen LogP contribution in [0.25, 0.3) is 0 Å². The number of hydrogen-bond donors (Lipinski definition) is 2. The second-order valence-corrected chi connectivity index (χ2v) is 11.1. The third kappa shape index (κ3) is 8.90. The van der Waals surface area contributed by atoms with E-state index in [-0.39, 0.29) is 18.1 Å². The highest BCUT2D eigenvalue weighted by Gasteiger charge is 2.39. The lowest BCUT2D eigenvalue weighted by Gasteiger charge is -2.43. The van der Waals surface area contributed by atoms with Crippen LogP contribution in [0.3, 0.4) is 0 Å². The van der Waals surface area contributed by atoms with E-state index in [1.807, 2.05) is 6.92 Å². The Morgan fingerprint density at radius 3 is 2.63 bits per heavy atom. The van der Waals surface area contributed by atoms with Gasteiger partial charge in [0, 0.05) is 17.8 Å². The normalized spacial score (nSPS) is 22.1. The van der Waals surface area contributed by atoms with E-state index in [0.717, 1.165) is 44.5 Å². The standard InChI is InChI=1S/C31H47N2O4P/c1-7-11-25(29(22(4)5)24-12-10-13-27(38)18-24)19-32-17-16-31(9-3)21-33(28(34)20-37-31)26(8-2)15-14-23(6)30(35)36/h7,11,13-15,18,22,32H,8-10,12,16-17,19-21,38H2,1-6H3,(H,35,36)/b11-7?,23-14+,26-15+,29-25-. The molecule has 210 valence electrons. The van der Waals surface area contributed by atoms with Crippen LogP contribution in [-0.2, 0) is 14.3 Å². The van der Waals surface area contributed by atoms with Crippen LogP contribution in [0.5, 0.6) is 0 Å². The Balaban J connectivity index is 2.16. The van der Waals surface area contributed by atoms with Crippen LogP contribution in [0.1, 0.15) is 73.6 Å². The predicted octanol–water partition coefficient (Wildman–Crippen LogP) is 6.31. The van der Waals surface area contributed by atoms with E-state index in [9.17, 15) is 14.7 Å². The van der Waals surface area contributed by atoms with Crippen molar-refractivity contribution in [3.05, 3.63) is 69.8 Å². The van der Waals surface area contributed by atoms with Crippen LogP contribution in [0.15, 0.2) is 69.8 Å². The van der Waals surface area contributed by atoms with Gasteiger partial charge in [0.1, 0.15) is 6.61 Å². The lowest BCUT2D eigenvalue weighted by molar-refractivity contribution is -0.161. The van der Waals surface area contributed by atoms with Crippen LogP contribution in [0.4, 0.5) is 0 Å². The molecule has 0 bridgehead atoms. The molecule has 2 rings (SSSR count). The second kappa shape index (κ2) is 15.4. The molecule has 0 aromatic heterocycles. The number of allylic oxidation sites excluding steroid dienone is 9. The van der Waals surface area contributed by atoms with E-state index < -0.39 is 11.6 Å². The topological polar surface area (TPSA) is 78.9 Å². The summed E-state index contributed by atoms with van der Waals surface area (Å²) in [6.07, 6.45) is 16.5. The zero-order valence-corrected chi connectivity index (χ0v) is 25.3. The fourth-order valence-electron chi connectivity index (χ4n) is 5.08. The molecule has 1 aliphatic heterocycles. The van der Waals surface area contributed by atoms with Crippen LogP contribution in [-0.4, -0.2) is 53.7 Å². The largest absolute Gasteiger partial charge is 0.478 e. The van der Waals surface area contributed by atoms with Gasteiger partial charge in [0.15, 0.2) is 0 Å². The summed E-state index contributed by atoms with van der Waals surface area (Å²) in [7, 11) is 2.83. The van der Waals surface area contributed by atoms with Crippen molar-refractivity contribution in [2.75, 3.05) is 26.2 Å². The molecule has 1 heterocycles. The summed E-state index contributed by atoms with van der Waals surface area (Å²) < 4.78 is 6.15. The third-order valence-electron chi connectivity index (χ3n) is 7.31. The maximum Gasteiger partial charge on any atom is 0.331 e. The van der Waals surface area contributed by atoms with Crippen LogP contribution in [0, 0.1) is 5.92 Å². The minimum Gasteiger partial charge on any atom is -0.478 e. The first-order chi connectivity index (χ1) is 18.1. The van der Waals surface area contributed by atoms with Gasteiger partial charge < -0.3 is 20.1 Å². The van der Waals surface area contributed by atoms with Crippen molar-refractivity contribution in [3.8, 4) is 0 Å². The Hall–Kier alpha value is -2.27. The Bertz CT molecular complexity index is 1050. The molecule has 0 radical (unpaired) electrons. The Morgan fingerprint density at radius 1 is 1.32 bits per heavy atom. The van der Waals surface area contributed by atoms with E-state index >= 15 is 0 Å². The molecule has 1 amide bonds. The number of nitrogens with zero attached hydrogens (tertiary/aromatic N) is 1. The fraction of sp³-hybridized carbons (Fsp3) is 0.548. The van der Waals surface area contributed by atoms with Crippen LogP contribution >= 0.6 is 9.24 Å². The first kappa shape index (κ1) is 31.9.